The topological polar surface area (TPSA) is 55.6 Å². The van der Waals surface area contributed by atoms with Crippen LogP contribution in [0.15, 0.2) is 48.5 Å². The fourth-order valence-electron chi connectivity index (χ4n) is 1.84. The van der Waals surface area contributed by atoms with Crippen LogP contribution in [0.4, 0.5) is 0 Å². The van der Waals surface area contributed by atoms with E-state index in [1.54, 1.807) is 23.7 Å². The van der Waals surface area contributed by atoms with Crippen molar-refractivity contribution in [3.05, 3.63) is 54.2 Å². The van der Waals surface area contributed by atoms with Crippen LogP contribution in [0.5, 0.6) is 0 Å². The summed E-state index contributed by atoms with van der Waals surface area (Å²) in [5, 5.41) is 6.43. The highest BCUT2D eigenvalue weighted by atomic mass is 32.1. The molecule has 6 heteroatoms. The highest BCUT2D eigenvalue weighted by Gasteiger charge is 2.04. The molecule has 0 saturated heterocycles. The van der Waals surface area contributed by atoms with Gasteiger partial charge < -0.3 is 9.88 Å². The van der Waals surface area contributed by atoms with Gasteiger partial charge in [-0.25, -0.2) is 9.97 Å². The Kier molecular flexibility index (Phi) is 4.15. The van der Waals surface area contributed by atoms with Crippen molar-refractivity contribution in [2.45, 2.75) is 13.1 Å². The zero-order valence-electron chi connectivity index (χ0n) is 10.9. The number of thiazole rings is 1. The van der Waals surface area contributed by atoms with Crippen molar-refractivity contribution < 1.29 is 0 Å². The molecule has 3 aromatic heterocycles. The predicted octanol–water partition coefficient (Wildman–Crippen LogP) is 2.19. The molecule has 20 heavy (non-hydrogen) atoms. The maximum absolute atomic E-state index is 4.59. The lowest BCUT2D eigenvalue weighted by molar-refractivity contribution is 0.593. The van der Waals surface area contributed by atoms with Gasteiger partial charge in [0.25, 0.3) is 0 Å². The lowest BCUT2D eigenvalue weighted by Crippen LogP contribution is -2.19. The van der Waals surface area contributed by atoms with E-state index in [-0.39, 0.29) is 0 Å². The fourth-order valence-corrected chi connectivity index (χ4v) is 2.63. The minimum atomic E-state index is 0.776. The van der Waals surface area contributed by atoms with Crippen LogP contribution in [0.1, 0.15) is 5.69 Å². The first-order valence-electron chi connectivity index (χ1n) is 6.44. The minimum Gasteiger partial charge on any atom is -0.336 e. The smallest absolute Gasteiger partial charge is 0.142 e. The number of rotatable bonds is 6. The van der Waals surface area contributed by atoms with Crippen molar-refractivity contribution in [3.63, 3.8) is 0 Å². The second-order valence-corrected chi connectivity index (χ2v) is 5.19. The molecule has 0 fully saturated rings. The van der Waals surface area contributed by atoms with Crippen molar-refractivity contribution in [1.82, 2.24) is 24.8 Å². The zero-order chi connectivity index (χ0) is 13.6. The van der Waals surface area contributed by atoms with Gasteiger partial charge in [-0.2, -0.15) is 0 Å². The van der Waals surface area contributed by atoms with Crippen molar-refractivity contribution >= 4 is 11.3 Å². The first kappa shape index (κ1) is 13.0. The first-order chi connectivity index (χ1) is 9.92. The molecule has 102 valence electrons. The van der Waals surface area contributed by atoms with Crippen LogP contribution in [-0.4, -0.2) is 26.1 Å². The molecule has 0 aromatic carbocycles. The molecule has 0 aliphatic carbocycles. The van der Waals surface area contributed by atoms with Crippen molar-refractivity contribution in [3.8, 4) is 10.7 Å². The summed E-state index contributed by atoms with van der Waals surface area (Å²) in [6.07, 6.45) is 7.37. The van der Waals surface area contributed by atoms with Gasteiger partial charge in [0.15, 0.2) is 0 Å². The Morgan fingerprint density at radius 2 is 2.25 bits per heavy atom. The van der Waals surface area contributed by atoms with Gasteiger partial charge >= 0.3 is 0 Å². The molecule has 0 aliphatic heterocycles. The summed E-state index contributed by atoms with van der Waals surface area (Å²) in [6, 6.07) is 5.87. The van der Waals surface area contributed by atoms with Crippen LogP contribution in [0.25, 0.3) is 10.7 Å². The number of imidazole rings is 1. The largest absolute Gasteiger partial charge is 0.336 e. The Labute approximate surface area is 121 Å². The monoisotopic (exact) mass is 285 g/mol. The third kappa shape index (κ3) is 3.28. The number of aromatic nitrogens is 4. The van der Waals surface area contributed by atoms with Crippen molar-refractivity contribution in [2.24, 2.45) is 0 Å². The van der Waals surface area contributed by atoms with Crippen LogP contribution in [0, 0.1) is 0 Å². The average molecular weight is 285 g/mol. The molecule has 0 saturated carbocycles. The van der Waals surface area contributed by atoms with E-state index in [1.807, 2.05) is 35.3 Å². The Balaban J connectivity index is 1.50. The Hall–Kier alpha value is -2.05. The molecule has 0 spiro atoms. The normalized spacial score (nSPS) is 10.8. The number of hydrogen-bond donors (Lipinski definition) is 1. The summed E-state index contributed by atoms with van der Waals surface area (Å²) >= 11 is 1.63. The van der Waals surface area contributed by atoms with Crippen LogP contribution < -0.4 is 5.32 Å². The molecular formula is C14H15N5S. The van der Waals surface area contributed by atoms with Crippen LogP contribution in [0.3, 0.4) is 0 Å². The molecule has 0 unspecified atom stereocenters. The van der Waals surface area contributed by atoms with Crippen LogP contribution in [0.2, 0.25) is 0 Å². The van der Waals surface area contributed by atoms with E-state index in [0.29, 0.717) is 0 Å². The van der Waals surface area contributed by atoms with Crippen molar-refractivity contribution in [2.75, 3.05) is 6.54 Å². The Morgan fingerprint density at radius 1 is 1.25 bits per heavy atom. The second-order valence-electron chi connectivity index (χ2n) is 4.34. The molecule has 3 rings (SSSR count). The van der Waals surface area contributed by atoms with E-state index in [1.165, 1.54) is 0 Å². The number of pyridine rings is 1. The van der Waals surface area contributed by atoms with E-state index in [4.69, 9.17) is 0 Å². The molecule has 0 bridgehead atoms. The molecule has 0 aliphatic rings. The average Bonchev–Trinajstić information content (AvgIpc) is 3.16. The molecule has 0 radical (unpaired) electrons. The molecule has 0 atom stereocenters. The van der Waals surface area contributed by atoms with Crippen LogP contribution >= 0.6 is 11.3 Å². The highest BCUT2D eigenvalue weighted by molar-refractivity contribution is 7.13. The predicted molar refractivity (Wildman–Crippen MR) is 79.3 cm³/mol. The fraction of sp³-hybridized carbons (Fsp3) is 0.214. The third-order valence-electron chi connectivity index (χ3n) is 2.85. The number of nitrogens with zero attached hydrogens (tertiary/aromatic N) is 4. The van der Waals surface area contributed by atoms with Gasteiger partial charge in [0.05, 0.1) is 17.7 Å². The quantitative estimate of drug-likeness (QED) is 0.705. The standard InChI is InChI=1S/C14H15N5S/c1-2-4-17-13(3-1)14-18-12(10-20-14)9-15-5-7-19-8-6-16-11-19/h1-4,6,8,10-11,15H,5,7,9H2. The maximum atomic E-state index is 4.59. The number of hydrogen-bond acceptors (Lipinski definition) is 5. The summed E-state index contributed by atoms with van der Waals surface area (Å²) in [4.78, 5) is 12.9. The third-order valence-corrected chi connectivity index (χ3v) is 3.76. The molecule has 5 nitrogen and oxygen atoms in total. The van der Waals surface area contributed by atoms with E-state index >= 15 is 0 Å². The molecule has 0 amide bonds. The lowest BCUT2D eigenvalue weighted by Gasteiger charge is -2.03. The maximum Gasteiger partial charge on any atom is 0.142 e. The van der Waals surface area contributed by atoms with Gasteiger partial charge in [0.2, 0.25) is 0 Å². The molecule has 1 N–H and O–H groups in total. The molecular weight excluding hydrogens is 270 g/mol. The van der Waals surface area contributed by atoms with Gasteiger partial charge in [-0.05, 0) is 12.1 Å². The van der Waals surface area contributed by atoms with E-state index in [0.717, 1.165) is 36.0 Å². The summed E-state index contributed by atoms with van der Waals surface area (Å²) in [5.74, 6) is 0. The van der Waals surface area contributed by atoms with Gasteiger partial charge in [0, 0.05) is 43.6 Å². The second kappa shape index (κ2) is 6.40. The summed E-state index contributed by atoms with van der Waals surface area (Å²) < 4.78 is 2.05. The SMILES string of the molecule is c1ccc(-c2nc(CNCCn3ccnc3)cs2)nc1. The zero-order valence-corrected chi connectivity index (χ0v) is 11.8. The van der Waals surface area contributed by atoms with Gasteiger partial charge in [-0.15, -0.1) is 11.3 Å². The van der Waals surface area contributed by atoms with Gasteiger partial charge in [0.1, 0.15) is 5.01 Å². The lowest BCUT2D eigenvalue weighted by atomic mass is 10.3. The van der Waals surface area contributed by atoms with Gasteiger partial charge in [-0.1, -0.05) is 6.07 Å². The van der Waals surface area contributed by atoms with E-state index in [2.05, 4.69) is 25.6 Å². The Morgan fingerprint density at radius 3 is 3.05 bits per heavy atom. The minimum absolute atomic E-state index is 0.776. The molecule has 3 aromatic rings. The summed E-state index contributed by atoms with van der Waals surface area (Å²) in [7, 11) is 0. The van der Waals surface area contributed by atoms with E-state index in [9.17, 15) is 0 Å². The first-order valence-corrected chi connectivity index (χ1v) is 7.32. The van der Waals surface area contributed by atoms with E-state index < -0.39 is 0 Å². The summed E-state index contributed by atoms with van der Waals surface area (Å²) in [6.45, 7) is 2.59. The van der Waals surface area contributed by atoms with Crippen LogP contribution in [-0.2, 0) is 13.1 Å². The van der Waals surface area contributed by atoms with Crippen molar-refractivity contribution in [1.29, 1.82) is 0 Å². The Bertz CT molecular complexity index is 633. The number of nitrogens with one attached hydrogen (secondary N) is 1. The molecule has 3 heterocycles. The van der Waals surface area contributed by atoms with Gasteiger partial charge in [-0.3, -0.25) is 4.98 Å². The highest BCUT2D eigenvalue weighted by Crippen LogP contribution is 2.20. The summed E-state index contributed by atoms with van der Waals surface area (Å²) in [5.41, 5.74) is 1.99.